The summed E-state index contributed by atoms with van der Waals surface area (Å²) in [6.45, 7) is 7.30. The lowest BCUT2D eigenvalue weighted by molar-refractivity contribution is 0.373. The van der Waals surface area contributed by atoms with E-state index in [-0.39, 0.29) is 6.04 Å². The molecule has 0 aromatic carbocycles. The highest BCUT2D eigenvalue weighted by Gasteiger charge is 2.29. The first kappa shape index (κ1) is 16.0. The number of hydrogen-bond donors (Lipinski definition) is 0. The fourth-order valence-corrected chi connectivity index (χ4v) is 3.28. The summed E-state index contributed by atoms with van der Waals surface area (Å²) in [6.07, 6.45) is 6.16. The molecule has 1 aliphatic heterocycles. The molecule has 1 fully saturated rings. The van der Waals surface area contributed by atoms with Crippen LogP contribution in [0.25, 0.3) is 0 Å². The average molecular weight is 314 g/mol. The molecule has 5 nitrogen and oxygen atoms in total. The molecule has 0 spiro atoms. The van der Waals surface area contributed by atoms with Crippen LogP contribution in [0, 0.1) is 0 Å². The first-order valence-corrected chi connectivity index (χ1v) is 8.84. The van der Waals surface area contributed by atoms with E-state index in [0.717, 1.165) is 67.5 Å². The fourth-order valence-electron chi connectivity index (χ4n) is 3.28. The van der Waals surface area contributed by atoms with Crippen molar-refractivity contribution in [1.82, 2.24) is 15.2 Å². The van der Waals surface area contributed by atoms with Crippen molar-refractivity contribution >= 4 is 5.95 Å². The molecule has 2 aromatic rings. The van der Waals surface area contributed by atoms with E-state index in [2.05, 4.69) is 48.0 Å². The Bertz CT molecular complexity index is 652. The van der Waals surface area contributed by atoms with Crippen LogP contribution >= 0.6 is 0 Å². The van der Waals surface area contributed by atoms with E-state index in [9.17, 15) is 0 Å². The van der Waals surface area contributed by atoms with Crippen LogP contribution in [0.3, 0.4) is 0 Å². The molecule has 1 aliphatic rings. The quantitative estimate of drug-likeness (QED) is 0.838. The Hall–Kier alpha value is -1.91. The van der Waals surface area contributed by atoms with Gasteiger partial charge >= 0.3 is 0 Å². The predicted octanol–water partition coefficient (Wildman–Crippen LogP) is 3.88. The molecule has 1 saturated heterocycles. The summed E-state index contributed by atoms with van der Waals surface area (Å²) in [5, 5.41) is 8.82. The molecule has 3 heterocycles. The second-order valence-corrected chi connectivity index (χ2v) is 6.07. The Morgan fingerprint density at radius 3 is 2.57 bits per heavy atom. The maximum absolute atomic E-state index is 6.01. The molecule has 1 unspecified atom stereocenters. The van der Waals surface area contributed by atoms with Crippen LogP contribution in [0.15, 0.2) is 16.5 Å². The van der Waals surface area contributed by atoms with Crippen LogP contribution in [0.1, 0.15) is 69.0 Å². The van der Waals surface area contributed by atoms with E-state index in [4.69, 9.17) is 9.40 Å². The van der Waals surface area contributed by atoms with Gasteiger partial charge in [0, 0.05) is 13.0 Å². The van der Waals surface area contributed by atoms with Gasteiger partial charge in [-0.3, -0.25) is 0 Å². The lowest BCUT2D eigenvalue weighted by Gasteiger charge is -2.34. The monoisotopic (exact) mass is 314 g/mol. The fraction of sp³-hybridized carbons (Fsp3) is 0.611. The standard InChI is InChI=1S/C18H26N4O/c1-4-13-10-11-17(23-13)16-9-7-8-12-22(16)18-19-14(5-2)15(6-3)20-21-18/h10-11,16H,4-9,12H2,1-3H3. The molecule has 3 rings (SSSR count). The Labute approximate surface area is 138 Å². The van der Waals surface area contributed by atoms with E-state index in [1.54, 1.807) is 0 Å². The van der Waals surface area contributed by atoms with Gasteiger partial charge in [0.05, 0.1) is 17.4 Å². The molecule has 0 amide bonds. The van der Waals surface area contributed by atoms with E-state index in [1.165, 1.54) is 6.42 Å². The molecule has 124 valence electrons. The lowest BCUT2D eigenvalue weighted by atomic mass is 10.0. The summed E-state index contributed by atoms with van der Waals surface area (Å²) in [4.78, 5) is 7.07. The number of rotatable bonds is 5. The summed E-state index contributed by atoms with van der Waals surface area (Å²) in [6, 6.07) is 4.41. The molecule has 0 aliphatic carbocycles. The van der Waals surface area contributed by atoms with Crippen LogP contribution in [0.2, 0.25) is 0 Å². The Balaban J connectivity index is 1.92. The van der Waals surface area contributed by atoms with E-state index in [0.29, 0.717) is 0 Å². The molecule has 0 radical (unpaired) electrons. The number of aryl methyl sites for hydroxylation is 3. The normalized spacial score (nSPS) is 18.4. The highest BCUT2D eigenvalue weighted by molar-refractivity contribution is 5.35. The van der Waals surface area contributed by atoms with Crippen molar-refractivity contribution in [2.24, 2.45) is 0 Å². The third kappa shape index (κ3) is 3.23. The molecule has 0 N–H and O–H groups in total. The maximum atomic E-state index is 6.01. The van der Waals surface area contributed by atoms with E-state index >= 15 is 0 Å². The van der Waals surface area contributed by atoms with Gasteiger partial charge in [-0.25, -0.2) is 4.98 Å². The maximum Gasteiger partial charge on any atom is 0.246 e. The van der Waals surface area contributed by atoms with Gasteiger partial charge in [0.15, 0.2) is 0 Å². The van der Waals surface area contributed by atoms with Gasteiger partial charge in [0.2, 0.25) is 5.95 Å². The van der Waals surface area contributed by atoms with Gasteiger partial charge in [0.25, 0.3) is 0 Å². The number of aromatic nitrogens is 3. The van der Waals surface area contributed by atoms with Crippen LogP contribution in [0.4, 0.5) is 5.95 Å². The highest BCUT2D eigenvalue weighted by Crippen LogP contribution is 2.34. The zero-order chi connectivity index (χ0) is 16.2. The van der Waals surface area contributed by atoms with Crippen LogP contribution in [-0.2, 0) is 19.3 Å². The number of piperidine rings is 1. The third-order valence-corrected chi connectivity index (χ3v) is 4.62. The first-order chi connectivity index (χ1) is 11.3. The first-order valence-electron chi connectivity index (χ1n) is 8.84. The molecule has 2 aromatic heterocycles. The molecule has 23 heavy (non-hydrogen) atoms. The number of furan rings is 1. The number of anilines is 1. The van der Waals surface area contributed by atoms with Crippen LogP contribution < -0.4 is 4.90 Å². The van der Waals surface area contributed by atoms with Gasteiger partial charge in [-0.1, -0.05) is 20.8 Å². The van der Waals surface area contributed by atoms with Gasteiger partial charge in [-0.2, -0.15) is 5.10 Å². The summed E-state index contributed by atoms with van der Waals surface area (Å²) in [5.74, 6) is 2.82. The Morgan fingerprint density at radius 2 is 1.87 bits per heavy atom. The Kier molecular flexibility index (Phi) is 4.94. The largest absolute Gasteiger partial charge is 0.464 e. The van der Waals surface area contributed by atoms with Crippen molar-refractivity contribution in [3.05, 3.63) is 35.0 Å². The number of nitrogens with zero attached hydrogens (tertiary/aromatic N) is 4. The van der Waals surface area contributed by atoms with Gasteiger partial charge < -0.3 is 9.32 Å². The number of hydrogen-bond acceptors (Lipinski definition) is 5. The van der Waals surface area contributed by atoms with Crippen LogP contribution in [0.5, 0.6) is 0 Å². The van der Waals surface area contributed by atoms with Crippen LogP contribution in [-0.4, -0.2) is 21.7 Å². The SMILES string of the molecule is CCc1ccc(C2CCCCN2c2nnc(CC)c(CC)n2)o1. The second kappa shape index (κ2) is 7.11. The summed E-state index contributed by atoms with van der Waals surface area (Å²) in [7, 11) is 0. The summed E-state index contributed by atoms with van der Waals surface area (Å²) < 4.78 is 6.01. The zero-order valence-corrected chi connectivity index (χ0v) is 14.4. The minimum atomic E-state index is 0.225. The summed E-state index contributed by atoms with van der Waals surface area (Å²) >= 11 is 0. The van der Waals surface area contributed by atoms with E-state index in [1.807, 2.05) is 0 Å². The average Bonchev–Trinajstić information content (AvgIpc) is 3.10. The van der Waals surface area contributed by atoms with Crippen molar-refractivity contribution in [1.29, 1.82) is 0 Å². The van der Waals surface area contributed by atoms with Crippen molar-refractivity contribution in [3.63, 3.8) is 0 Å². The molecule has 0 saturated carbocycles. The minimum Gasteiger partial charge on any atom is -0.464 e. The zero-order valence-electron chi connectivity index (χ0n) is 14.4. The van der Waals surface area contributed by atoms with Gasteiger partial charge in [-0.05, 0) is 44.2 Å². The lowest BCUT2D eigenvalue weighted by Crippen LogP contribution is -2.35. The summed E-state index contributed by atoms with van der Waals surface area (Å²) in [5.41, 5.74) is 2.08. The second-order valence-electron chi connectivity index (χ2n) is 6.07. The molecule has 1 atom stereocenters. The van der Waals surface area contributed by atoms with Crippen molar-refractivity contribution in [2.45, 2.75) is 65.3 Å². The third-order valence-electron chi connectivity index (χ3n) is 4.62. The minimum absolute atomic E-state index is 0.225. The molecular weight excluding hydrogens is 288 g/mol. The molecular formula is C18H26N4O. The van der Waals surface area contributed by atoms with Gasteiger partial charge in [0.1, 0.15) is 11.5 Å². The Morgan fingerprint density at radius 1 is 1.04 bits per heavy atom. The highest BCUT2D eigenvalue weighted by atomic mass is 16.3. The predicted molar refractivity (Wildman–Crippen MR) is 90.6 cm³/mol. The topological polar surface area (TPSA) is 55.1 Å². The van der Waals surface area contributed by atoms with Crippen molar-refractivity contribution in [2.75, 3.05) is 11.4 Å². The van der Waals surface area contributed by atoms with Crippen molar-refractivity contribution < 1.29 is 4.42 Å². The van der Waals surface area contributed by atoms with Crippen molar-refractivity contribution in [3.8, 4) is 0 Å². The smallest absolute Gasteiger partial charge is 0.246 e. The van der Waals surface area contributed by atoms with Gasteiger partial charge in [-0.15, -0.1) is 5.10 Å². The molecule has 0 bridgehead atoms. The van der Waals surface area contributed by atoms with E-state index < -0.39 is 0 Å². The molecule has 5 heteroatoms.